The third-order valence-electron chi connectivity index (χ3n) is 3.02. The van der Waals surface area contributed by atoms with Crippen molar-refractivity contribution >= 4 is 0 Å². The zero-order valence-electron chi connectivity index (χ0n) is 11.6. The standard InChI is InChI=1S/C17H19FO/c1-17(2,3)16-11-14(18)10-9-13(16)12-19-15-7-5-4-6-8-15/h4-11H,12H2,1-3H3. The molecule has 2 aromatic carbocycles. The van der Waals surface area contributed by atoms with Gasteiger partial charge in [-0.15, -0.1) is 0 Å². The molecule has 0 heterocycles. The minimum absolute atomic E-state index is 0.0997. The van der Waals surface area contributed by atoms with Crippen molar-refractivity contribution in [3.8, 4) is 5.75 Å². The SMILES string of the molecule is CC(C)(C)c1cc(F)ccc1COc1ccccc1. The smallest absolute Gasteiger partial charge is 0.123 e. The topological polar surface area (TPSA) is 9.23 Å². The van der Waals surface area contributed by atoms with Crippen LogP contribution < -0.4 is 4.74 Å². The highest BCUT2D eigenvalue weighted by Gasteiger charge is 2.18. The second-order valence-electron chi connectivity index (χ2n) is 5.65. The number of halogens is 1. The Hall–Kier alpha value is -1.83. The van der Waals surface area contributed by atoms with Crippen LogP contribution in [0.15, 0.2) is 48.5 Å². The van der Waals surface area contributed by atoms with E-state index in [2.05, 4.69) is 20.8 Å². The summed E-state index contributed by atoms with van der Waals surface area (Å²) in [5.74, 6) is 0.625. The maximum Gasteiger partial charge on any atom is 0.123 e. The lowest BCUT2D eigenvalue weighted by Crippen LogP contribution is -2.15. The molecular weight excluding hydrogens is 239 g/mol. The summed E-state index contributed by atoms with van der Waals surface area (Å²) in [6, 6.07) is 14.5. The Morgan fingerprint density at radius 2 is 1.68 bits per heavy atom. The van der Waals surface area contributed by atoms with E-state index >= 15 is 0 Å². The maximum atomic E-state index is 13.4. The molecule has 0 fully saturated rings. The summed E-state index contributed by atoms with van der Waals surface area (Å²) in [4.78, 5) is 0. The molecule has 2 rings (SSSR count). The van der Waals surface area contributed by atoms with Crippen LogP contribution in [0, 0.1) is 5.82 Å². The Labute approximate surface area is 114 Å². The van der Waals surface area contributed by atoms with Crippen molar-refractivity contribution in [2.75, 3.05) is 0 Å². The van der Waals surface area contributed by atoms with Crippen LogP contribution >= 0.6 is 0 Å². The molecule has 0 atom stereocenters. The van der Waals surface area contributed by atoms with E-state index in [9.17, 15) is 4.39 Å². The van der Waals surface area contributed by atoms with E-state index in [1.54, 1.807) is 12.1 Å². The van der Waals surface area contributed by atoms with Crippen molar-refractivity contribution in [3.05, 3.63) is 65.5 Å². The van der Waals surface area contributed by atoms with Gasteiger partial charge in [-0.3, -0.25) is 0 Å². The highest BCUT2D eigenvalue weighted by atomic mass is 19.1. The molecule has 19 heavy (non-hydrogen) atoms. The van der Waals surface area contributed by atoms with Crippen LogP contribution in [0.5, 0.6) is 5.75 Å². The number of rotatable bonds is 3. The number of hydrogen-bond acceptors (Lipinski definition) is 1. The minimum Gasteiger partial charge on any atom is -0.489 e. The largest absolute Gasteiger partial charge is 0.489 e. The Morgan fingerprint density at radius 1 is 1.00 bits per heavy atom. The van der Waals surface area contributed by atoms with E-state index in [4.69, 9.17) is 4.74 Å². The van der Waals surface area contributed by atoms with E-state index in [0.717, 1.165) is 16.9 Å². The molecule has 0 bridgehead atoms. The van der Waals surface area contributed by atoms with Crippen LogP contribution in [-0.4, -0.2) is 0 Å². The van der Waals surface area contributed by atoms with Crippen molar-refractivity contribution in [1.82, 2.24) is 0 Å². The van der Waals surface area contributed by atoms with Crippen molar-refractivity contribution in [2.45, 2.75) is 32.8 Å². The first kappa shape index (κ1) is 13.6. The molecule has 0 saturated heterocycles. The molecule has 0 saturated carbocycles. The van der Waals surface area contributed by atoms with E-state index in [-0.39, 0.29) is 11.2 Å². The van der Waals surface area contributed by atoms with E-state index < -0.39 is 0 Å². The fraction of sp³-hybridized carbons (Fsp3) is 0.294. The number of benzene rings is 2. The van der Waals surface area contributed by atoms with Gasteiger partial charge in [0.15, 0.2) is 0 Å². The number of ether oxygens (including phenoxy) is 1. The summed E-state index contributed by atoms with van der Waals surface area (Å²) in [7, 11) is 0. The Morgan fingerprint density at radius 3 is 2.32 bits per heavy atom. The molecule has 0 unspecified atom stereocenters. The summed E-state index contributed by atoms with van der Waals surface area (Å²) < 4.78 is 19.1. The first-order valence-corrected chi connectivity index (χ1v) is 6.43. The van der Waals surface area contributed by atoms with E-state index in [0.29, 0.717) is 6.61 Å². The summed E-state index contributed by atoms with van der Waals surface area (Å²) in [6.07, 6.45) is 0. The molecule has 0 amide bonds. The quantitative estimate of drug-likeness (QED) is 0.775. The lowest BCUT2D eigenvalue weighted by Gasteiger charge is -2.23. The predicted octanol–water partition coefficient (Wildman–Crippen LogP) is 4.70. The van der Waals surface area contributed by atoms with Gasteiger partial charge in [0, 0.05) is 0 Å². The van der Waals surface area contributed by atoms with Crippen LogP contribution in [0.1, 0.15) is 31.9 Å². The highest BCUT2D eigenvalue weighted by molar-refractivity contribution is 5.33. The fourth-order valence-corrected chi connectivity index (χ4v) is 2.05. The third kappa shape index (κ3) is 3.57. The zero-order chi connectivity index (χ0) is 13.9. The van der Waals surface area contributed by atoms with Crippen LogP contribution in [0.3, 0.4) is 0 Å². The van der Waals surface area contributed by atoms with Crippen LogP contribution in [0.4, 0.5) is 4.39 Å². The molecule has 0 aliphatic rings. The van der Waals surface area contributed by atoms with Gasteiger partial charge in [0.05, 0.1) is 0 Å². The lowest BCUT2D eigenvalue weighted by molar-refractivity contribution is 0.302. The van der Waals surface area contributed by atoms with Gasteiger partial charge < -0.3 is 4.74 Å². The molecule has 2 heteroatoms. The summed E-state index contributed by atoms with van der Waals surface area (Å²) in [6.45, 7) is 6.69. The number of hydrogen-bond donors (Lipinski definition) is 0. The first-order chi connectivity index (χ1) is 8.97. The van der Waals surface area contributed by atoms with Gasteiger partial charge in [0.2, 0.25) is 0 Å². The van der Waals surface area contributed by atoms with Gasteiger partial charge in [-0.1, -0.05) is 45.0 Å². The third-order valence-corrected chi connectivity index (χ3v) is 3.02. The van der Waals surface area contributed by atoms with Crippen LogP contribution in [0.2, 0.25) is 0 Å². The molecule has 0 aliphatic heterocycles. The Bertz CT molecular complexity index is 541. The fourth-order valence-electron chi connectivity index (χ4n) is 2.05. The molecule has 0 aliphatic carbocycles. The van der Waals surface area contributed by atoms with Crippen molar-refractivity contribution in [2.24, 2.45) is 0 Å². The Balaban J connectivity index is 2.21. The van der Waals surface area contributed by atoms with Gasteiger partial charge >= 0.3 is 0 Å². The molecule has 0 N–H and O–H groups in total. The summed E-state index contributed by atoms with van der Waals surface area (Å²) in [5.41, 5.74) is 1.92. The van der Waals surface area contributed by atoms with Gasteiger partial charge in [0.1, 0.15) is 18.2 Å². The molecule has 100 valence electrons. The van der Waals surface area contributed by atoms with Crippen LogP contribution in [-0.2, 0) is 12.0 Å². The number of para-hydroxylation sites is 1. The first-order valence-electron chi connectivity index (χ1n) is 6.43. The van der Waals surface area contributed by atoms with Crippen molar-refractivity contribution < 1.29 is 9.13 Å². The summed E-state index contributed by atoms with van der Waals surface area (Å²) >= 11 is 0. The van der Waals surface area contributed by atoms with Crippen molar-refractivity contribution in [1.29, 1.82) is 0 Å². The molecule has 2 aromatic rings. The molecule has 0 aromatic heterocycles. The normalized spacial score (nSPS) is 11.4. The monoisotopic (exact) mass is 258 g/mol. The molecule has 1 nitrogen and oxygen atoms in total. The van der Waals surface area contributed by atoms with Gasteiger partial charge in [-0.2, -0.15) is 0 Å². The predicted molar refractivity (Wildman–Crippen MR) is 75.9 cm³/mol. The molecule has 0 radical (unpaired) electrons. The highest BCUT2D eigenvalue weighted by Crippen LogP contribution is 2.27. The van der Waals surface area contributed by atoms with Crippen molar-refractivity contribution in [3.63, 3.8) is 0 Å². The second-order valence-corrected chi connectivity index (χ2v) is 5.65. The average Bonchev–Trinajstić information content (AvgIpc) is 2.37. The van der Waals surface area contributed by atoms with Gasteiger partial charge in [-0.05, 0) is 40.8 Å². The second kappa shape index (κ2) is 5.43. The van der Waals surface area contributed by atoms with E-state index in [1.165, 1.54) is 6.07 Å². The Kier molecular flexibility index (Phi) is 3.89. The average molecular weight is 258 g/mol. The maximum absolute atomic E-state index is 13.4. The van der Waals surface area contributed by atoms with Gasteiger partial charge in [-0.25, -0.2) is 4.39 Å². The molecule has 0 spiro atoms. The van der Waals surface area contributed by atoms with Gasteiger partial charge in [0.25, 0.3) is 0 Å². The zero-order valence-corrected chi connectivity index (χ0v) is 11.6. The lowest BCUT2D eigenvalue weighted by atomic mass is 9.84. The molecular formula is C17H19FO. The van der Waals surface area contributed by atoms with E-state index in [1.807, 2.05) is 30.3 Å². The minimum atomic E-state index is -0.201. The van der Waals surface area contributed by atoms with Crippen LogP contribution in [0.25, 0.3) is 0 Å². The summed E-state index contributed by atoms with van der Waals surface area (Å²) in [5, 5.41) is 0.